The Morgan fingerprint density at radius 1 is 1.17 bits per heavy atom. The average Bonchev–Trinajstić information content (AvgIpc) is 3.22. The molecule has 0 spiro atoms. The molecule has 29 heavy (non-hydrogen) atoms. The van der Waals surface area contributed by atoms with E-state index in [2.05, 4.69) is 25.5 Å². The summed E-state index contributed by atoms with van der Waals surface area (Å²) >= 11 is 0. The third-order valence-corrected chi connectivity index (χ3v) is 6.39. The molecule has 0 unspecified atom stereocenters. The summed E-state index contributed by atoms with van der Waals surface area (Å²) in [6.45, 7) is 1.40. The number of fused-ring (bicyclic) bond motifs is 1. The number of hydrogen-bond donors (Lipinski definition) is 2. The Morgan fingerprint density at radius 3 is 2.69 bits per heavy atom. The van der Waals surface area contributed by atoms with Crippen molar-refractivity contribution in [1.29, 1.82) is 0 Å². The number of benzene rings is 1. The summed E-state index contributed by atoms with van der Waals surface area (Å²) in [5.74, 6) is 0.948. The highest BCUT2D eigenvalue weighted by atomic mass is 32.2. The molecule has 0 radical (unpaired) electrons. The Bertz CT molecular complexity index is 1130. The van der Waals surface area contributed by atoms with Crippen molar-refractivity contribution in [3.8, 4) is 11.6 Å². The monoisotopic (exact) mass is 420 g/mol. The van der Waals surface area contributed by atoms with Gasteiger partial charge in [-0.25, -0.2) is 8.42 Å². The standard InChI is InChI=1S/C17H20N6O5S/c1-26-14-9-11(29(24,25)23-5-7-28-8-6-23)3-4-13(14)19-17-20-15-12(10-18-22-15)16(21-17)27-2/h3-4,9-10H,5-8H2,1-2H3,(H2,18,19,20,21,22). The maximum Gasteiger partial charge on any atom is 0.243 e. The number of H-pyrrole nitrogens is 1. The summed E-state index contributed by atoms with van der Waals surface area (Å²) in [5.41, 5.74) is 1.01. The minimum absolute atomic E-state index is 0.143. The topological polar surface area (TPSA) is 132 Å². The van der Waals surface area contributed by atoms with Crippen LogP contribution in [0.15, 0.2) is 29.3 Å². The number of aromatic amines is 1. The van der Waals surface area contributed by atoms with Gasteiger partial charge < -0.3 is 19.5 Å². The predicted octanol–water partition coefficient (Wildman–Crippen LogP) is 1.13. The number of morpholine rings is 1. The molecule has 154 valence electrons. The van der Waals surface area contributed by atoms with Gasteiger partial charge >= 0.3 is 0 Å². The molecule has 12 heteroatoms. The van der Waals surface area contributed by atoms with Crippen LogP contribution in [0.4, 0.5) is 11.6 Å². The lowest BCUT2D eigenvalue weighted by atomic mass is 10.3. The van der Waals surface area contributed by atoms with Crippen LogP contribution in [0.5, 0.6) is 11.6 Å². The van der Waals surface area contributed by atoms with Crippen LogP contribution in [-0.2, 0) is 14.8 Å². The first-order valence-electron chi connectivity index (χ1n) is 8.81. The van der Waals surface area contributed by atoms with E-state index in [1.165, 1.54) is 30.7 Å². The van der Waals surface area contributed by atoms with Crippen LogP contribution in [0.3, 0.4) is 0 Å². The number of ether oxygens (including phenoxy) is 3. The fourth-order valence-electron chi connectivity index (χ4n) is 3.01. The van der Waals surface area contributed by atoms with Crippen molar-refractivity contribution < 1.29 is 22.6 Å². The van der Waals surface area contributed by atoms with Gasteiger partial charge in [-0.05, 0) is 12.1 Å². The highest BCUT2D eigenvalue weighted by molar-refractivity contribution is 7.89. The van der Waals surface area contributed by atoms with Gasteiger partial charge in [0, 0.05) is 19.2 Å². The van der Waals surface area contributed by atoms with Gasteiger partial charge in [-0.1, -0.05) is 0 Å². The van der Waals surface area contributed by atoms with E-state index in [-0.39, 0.29) is 10.8 Å². The fraction of sp³-hybridized carbons (Fsp3) is 0.353. The molecular formula is C17H20N6O5S. The molecule has 0 saturated carbocycles. The van der Waals surface area contributed by atoms with Crippen molar-refractivity contribution in [3.05, 3.63) is 24.4 Å². The molecule has 11 nitrogen and oxygen atoms in total. The molecule has 0 amide bonds. The molecule has 3 heterocycles. The van der Waals surface area contributed by atoms with Gasteiger partial charge in [-0.2, -0.15) is 19.4 Å². The maximum absolute atomic E-state index is 12.9. The number of nitrogens with zero attached hydrogens (tertiary/aromatic N) is 4. The van der Waals surface area contributed by atoms with E-state index in [9.17, 15) is 8.42 Å². The SMILES string of the molecule is COc1cc(S(=O)(=O)N2CCOCC2)ccc1Nc1nc(OC)c2cn[nH]c2n1. The van der Waals surface area contributed by atoms with Crippen molar-refractivity contribution >= 4 is 32.7 Å². The minimum atomic E-state index is -3.64. The van der Waals surface area contributed by atoms with Crippen molar-refractivity contribution in [3.63, 3.8) is 0 Å². The first-order valence-corrected chi connectivity index (χ1v) is 10.2. The minimum Gasteiger partial charge on any atom is -0.495 e. The second-order valence-corrected chi connectivity index (χ2v) is 8.13. The molecule has 3 aromatic rings. The second-order valence-electron chi connectivity index (χ2n) is 6.19. The largest absolute Gasteiger partial charge is 0.495 e. The summed E-state index contributed by atoms with van der Waals surface area (Å²) in [6.07, 6.45) is 1.57. The Labute approximate surface area is 167 Å². The molecule has 0 aliphatic carbocycles. The van der Waals surface area contributed by atoms with Crippen molar-refractivity contribution in [2.45, 2.75) is 4.90 Å². The van der Waals surface area contributed by atoms with E-state index in [1.54, 1.807) is 12.3 Å². The lowest BCUT2D eigenvalue weighted by molar-refractivity contribution is 0.0730. The number of nitrogens with one attached hydrogen (secondary N) is 2. The number of methoxy groups -OCH3 is 2. The molecular weight excluding hydrogens is 400 g/mol. The van der Waals surface area contributed by atoms with Crippen LogP contribution >= 0.6 is 0 Å². The Balaban J connectivity index is 1.65. The van der Waals surface area contributed by atoms with E-state index in [0.29, 0.717) is 54.7 Å². The summed E-state index contributed by atoms with van der Waals surface area (Å²) in [4.78, 5) is 8.79. The lowest BCUT2D eigenvalue weighted by Gasteiger charge is -2.26. The van der Waals surface area contributed by atoms with E-state index in [1.807, 2.05) is 0 Å². The summed E-state index contributed by atoms with van der Waals surface area (Å²) in [5, 5.41) is 10.4. The number of aromatic nitrogens is 4. The van der Waals surface area contributed by atoms with E-state index >= 15 is 0 Å². The molecule has 4 rings (SSSR count). The third kappa shape index (κ3) is 3.69. The van der Waals surface area contributed by atoms with E-state index < -0.39 is 10.0 Å². The fourth-order valence-corrected chi connectivity index (χ4v) is 4.44. The Kier molecular flexibility index (Phi) is 5.22. The summed E-state index contributed by atoms with van der Waals surface area (Å²) in [6, 6.07) is 4.60. The van der Waals surface area contributed by atoms with Crippen molar-refractivity contribution in [2.75, 3.05) is 45.8 Å². The van der Waals surface area contributed by atoms with Crippen LogP contribution in [-0.4, -0.2) is 73.4 Å². The predicted molar refractivity (Wildman–Crippen MR) is 104 cm³/mol. The molecule has 1 saturated heterocycles. The third-order valence-electron chi connectivity index (χ3n) is 4.50. The van der Waals surface area contributed by atoms with E-state index in [0.717, 1.165) is 0 Å². The number of sulfonamides is 1. The van der Waals surface area contributed by atoms with Gasteiger partial charge in [0.25, 0.3) is 0 Å². The smallest absolute Gasteiger partial charge is 0.243 e. The van der Waals surface area contributed by atoms with Crippen LogP contribution in [0.2, 0.25) is 0 Å². The molecule has 2 aromatic heterocycles. The summed E-state index contributed by atoms with van der Waals surface area (Å²) < 4.78 is 43.0. The van der Waals surface area contributed by atoms with Crippen LogP contribution in [0, 0.1) is 0 Å². The Morgan fingerprint density at radius 2 is 1.97 bits per heavy atom. The second kappa shape index (κ2) is 7.81. The molecule has 0 atom stereocenters. The van der Waals surface area contributed by atoms with Gasteiger partial charge in [0.2, 0.25) is 21.9 Å². The highest BCUT2D eigenvalue weighted by Crippen LogP contribution is 2.32. The zero-order valence-electron chi connectivity index (χ0n) is 15.9. The van der Waals surface area contributed by atoms with Gasteiger partial charge in [0.05, 0.1) is 44.2 Å². The van der Waals surface area contributed by atoms with Crippen molar-refractivity contribution in [2.24, 2.45) is 0 Å². The molecule has 1 aromatic carbocycles. The highest BCUT2D eigenvalue weighted by Gasteiger charge is 2.27. The molecule has 1 aliphatic heterocycles. The normalized spacial score (nSPS) is 15.4. The van der Waals surface area contributed by atoms with Gasteiger partial charge in [0.1, 0.15) is 11.1 Å². The van der Waals surface area contributed by atoms with E-state index in [4.69, 9.17) is 14.2 Å². The average molecular weight is 420 g/mol. The van der Waals surface area contributed by atoms with Gasteiger partial charge in [-0.3, -0.25) is 5.10 Å². The first kappa shape index (κ1) is 19.4. The molecule has 2 N–H and O–H groups in total. The molecule has 0 bridgehead atoms. The zero-order chi connectivity index (χ0) is 20.4. The quantitative estimate of drug-likeness (QED) is 0.602. The van der Waals surface area contributed by atoms with Crippen molar-refractivity contribution in [1.82, 2.24) is 24.5 Å². The van der Waals surface area contributed by atoms with Crippen LogP contribution < -0.4 is 14.8 Å². The summed E-state index contributed by atoms with van der Waals surface area (Å²) in [7, 11) is -0.667. The zero-order valence-corrected chi connectivity index (χ0v) is 16.7. The molecule has 1 fully saturated rings. The first-order chi connectivity index (χ1) is 14.0. The van der Waals surface area contributed by atoms with Crippen LogP contribution in [0.1, 0.15) is 0 Å². The number of hydrogen-bond acceptors (Lipinski definition) is 9. The van der Waals surface area contributed by atoms with Crippen LogP contribution in [0.25, 0.3) is 11.0 Å². The van der Waals surface area contributed by atoms with Gasteiger partial charge in [0.15, 0.2) is 5.65 Å². The molecule has 1 aliphatic rings. The maximum atomic E-state index is 12.9. The van der Waals surface area contributed by atoms with Gasteiger partial charge in [-0.15, -0.1) is 0 Å². The lowest BCUT2D eigenvalue weighted by Crippen LogP contribution is -2.40. The number of rotatable bonds is 6. The number of anilines is 2. The Hall–Kier alpha value is -2.96.